The average Bonchev–Trinajstić information content (AvgIpc) is 2.72. The van der Waals surface area contributed by atoms with Crippen molar-refractivity contribution in [3.8, 4) is 0 Å². The highest BCUT2D eigenvalue weighted by Gasteiger charge is 2.31. The number of carbonyl (C=O) groups is 1. The van der Waals surface area contributed by atoms with Gasteiger partial charge in [0.05, 0.1) is 5.69 Å². The number of hydrogen-bond acceptors (Lipinski definition) is 4. The van der Waals surface area contributed by atoms with E-state index in [0.717, 1.165) is 19.3 Å². The van der Waals surface area contributed by atoms with Crippen LogP contribution in [-0.4, -0.2) is 44.9 Å². The van der Waals surface area contributed by atoms with Crippen molar-refractivity contribution in [3.63, 3.8) is 0 Å². The van der Waals surface area contributed by atoms with Crippen LogP contribution in [0.4, 0.5) is 5.69 Å². The van der Waals surface area contributed by atoms with Gasteiger partial charge in [0, 0.05) is 31.9 Å². The van der Waals surface area contributed by atoms with Crippen LogP contribution in [-0.2, 0) is 6.54 Å². The van der Waals surface area contributed by atoms with E-state index in [1.807, 2.05) is 11.8 Å². The lowest BCUT2D eigenvalue weighted by atomic mass is 9.91. The first-order chi connectivity index (χ1) is 9.17. The van der Waals surface area contributed by atoms with Crippen LogP contribution >= 0.6 is 0 Å². The summed E-state index contributed by atoms with van der Waals surface area (Å²) in [5, 5.41) is 13.2. The zero-order valence-electron chi connectivity index (χ0n) is 11.4. The van der Waals surface area contributed by atoms with Crippen LogP contribution in [0.3, 0.4) is 0 Å². The van der Waals surface area contributed by atoms with Gasteiger partial charge in [-0.2, -0.15) is 5.10 Å². The van der Waals surface area contributed by atoms with Crippen molar-refractivity contribution in [1.29, 1.82) is 0 Å². The molecule has 1 saturated carbocycles. The maximum atomic E-state index is 12.5. The van der Waals surface area contributed by atoms with Gasteiger partial charge in [-0.15, -0.1) is 0 Å². The fourth-order valence-electron chi connectivity index (χ4n) is 2.29. The highest BCUT2D eigenvalue weighted by atomic mass is 16.3. The van der Waals surface area contributed by atoms with E-state index in [2.05, 4.69) is 5.10 Å². The standard InChI is InChI=1S/C13H22N4O2/c1-2-16-9-11(14)12(15-16)13(19)17(7-4-8-18)10-5-3-6-10/h9-10,18H,2-8,14H2,1H3. The second-order valence-electron chi connectivity index (χ2n) is 4.95. The zero-order chi connectivity index (χ0) is 13.8. The molecule has 0 unspecified atom stereocenters. The van der Waals surface area contributed by atoms with E-state index in [4.69, 9.17) is 10.8 Å². The molecule has 1 aliphatic carbocycles. The molecule has 1 aromatic heterocycles. The smallest absolute Gasteiger partial charge is 0.276 e. The van der Waals surface area contributed by atoms with E-state index in [0.29, 0.717) is 30.9 Å². The van der Waals surface area contributed by atoms with Crippen molar-refractivity contribution in [2.24, 2.45) is 0 Å². The topological polar surface area (TPSA) is 84.4 Å². The second-order valence-corrected chi connectivity index (χ2v) is 4.95. The number of nitrogens with two attached hydrogens (primary N) is 1. The van der Waals surface area contributed by atoms with Gasteiger partial charge in [0.15, 0.2) is 5.69 Å². The predicted octanol–water partition coefficient (Wildman–Crippen LogP) is 0.862. The van der Waals surface area contributed by atoms with E-state index in [1.165, 1.54) is 0 Å². The average molecular weight is 266 g/mol. The molecule has 106 valence electrons. The molecule has 6 nitrogen and oxygen atoms in total. The van der Waals surface area contributed by atoms with E-state index in [-0.39, 0.29) is 18.6 Å². The van der Waals surface area contributed by atoms with Crippen molar-refractivity contribution >= 4 is 11.6 Å². The number of aliphatic hydroxyl groups excluding tert-OH is 1. The first-order valence-electron chi connectivity index (χ1n) is 6.92. The number of hydrogen-bond donors (Lipinski definition) is 2. The number of nitrogens with zero attached hydrogens (tertiary/aromatic N) is 3. The van der Waals surface area contributed by atoms with Gasteiger partial charge < -0.3 is 15.7 Å². The minimum absolute atomic E-state index is 0.0926. The van der Waals surface area contributed by atoms with E-state index >= 15 is 0 Å². The molecule has 0 saturated heterocycles. The quantitative estimate of drug-likeness (QED) is 0.800. The second kappa shape index (κ2) is 6.06. The Labute approximate surface area is 113 Å². The van der Waals surface area contributed by atoms with Gasteiger partial charge in [-0.05, 0) is 32.6 Å². The Morgan fingerprint density at radius 2 is 2.37 bits per heavy atom. The van der Waals surface area contributed by atoms with Crippen molar-refractivity contribution < 1.29 is 9.90 Å². The maximum Gasteiger partial charge on any atom is 0.276 e. The Bertz CT molecular complexity index is 440. The van der Waals surface area contributed by atoms with Gasteiger partial charge in [-0.3, -0.25) is 9.48 Å². The van der Waals surface area contributed by atoms with Gasteiger partial charge in [0.25, 0.3) is 5.91 Å². The maximum absolute atomic E-state index is 12.5. The third-order valence-corrected chi connectivity index (χ3v) is 3.65. The van der Waals surface area contributed by atoms with Crippen LogP contribution in [0.15, 0.2) is 6.20 Å². The van der Waals surface area contributed by atoms with Crippen molar-refractivity contribution in [2.75, 3.05) is 18.9 Å². The predicted molar refractivity (Wildman–Crippen MR) is 72.7 cm³/mol. The summed E-state index contributed by atoms with van der Waals surface area (Å²) in [6, 6.07) is 0.283. The number of aromatic nitrogens is 2. The normalized spacial score (nSPS) is 15.3. The SMILES string of the molecule is CCn1cc(N)c(C(=O)N(CCCO)C2CCC2)n1. The highest BCUT2D eigenvalue weighted by molar-refractivity contribution is 5.97. The molecule has 1 aromatic rings. The summed E-state index contributed by atoms with van der Waals surface area (Å²) in [6.07, 6.45) is 5.51. The van der Waals surface area contributed by atoms with Gasteiger partial charge in [-0.25, -0.2) is 0 Å². The molecule has 6 heteroatoms. The van der Waals surface area contributed by atoms with E-state index in [9.17, 15) is 4.79 Å². The third kappa shape index (κ3) is 2.89. The Balaban J connectivity index is 2.14. The highest BCUT2D eigenvalue weighted by Crippen LogP contribution is 2.27. The summed E-state index contributed by atoms with van der Waals surface area (Å²) in [5.41, 5.74) is 6.63. The Morgan fingerprint density at radius 1 is 1.63 bits per heavy atom. The fraction of sp³-hybridized carbons (Fsp3) is 0.692. The van der Waals surface area contributed by atoms with Gasteiger partial charge >= 0.3 is 0 Å². The van der Waals surface area contributed by atoms with Gasteiger partial charge in [0.2, 0.25) is 0 Å². The molecule has 1 amide bonds. The van der Waals surface area contributed by atoms with Crippen LogP contribution in [0.2, 0.25) is 0 Å². The molecule has 0 bridgehead atoms. The van der Waals surface area contributed by atoms with Crippen molar-refractivity contribution in [3.05, 3.63) is 11.9 Å². The summed E-state index contributed by atoms with van der Waals surface area (Å²) in [4.78, 5) is 14.3. The molecule has 3 N–H and O–H groups in total. The fourth-order valence-corrected chi connectivity index (χ4v) is 2.29. The Kier molecular flexibility index (Phi) is 4.42. The number of anilines is 1. The van der Waals surface area contributed by atoms with Crippen LogP contribution < -0.4 is 5.73 Å². The number of rotatable bonds is 6. The summed E-state index contributed by atoms with van der Waals surface area (Å²) >= 11 is 0. The molecule has 0 aromatic carbocycles. The first kappa shape index (κ1) is 13.9. The molecule has 1 heterocycles. The summed E-state index contributed by atoms with van der Waals surface area (Å²) < 4.78 is 1.67. The molecule has 2 rings (SSSR count). The molecule has 0 aliphatic heterocycles. The molecular weight excluding hydrogens is 244 g/mol. The number of amides is 1. The summed E-state index contributed by atoms with van der Waals surface area (Å²) in [7, 11) is 0. The van der Waals surface area contributed by atoms with E-state index < -0.39 is 0 Å². The molecular formula is C13H22N4O2. The summed E-state index contributed by atoms with van der Waals surface area (Å²) in [5.74, 6) is -0.108. The molecule has 0 spiro atoms. The number of carbonyl (C=O) groups excluding carboxylic acids is 1. The van der Waals surface area contributed by atoms with Crippen LogP contribution in [0.5, 0.6) is 0 Å². The Morgan fingerprint density at radius 3 is 2.84 bits per heavy atom. The minimum Gasteiger partial charge on any atom is -0.396 e. The van der Waals surface area contributed by atoms with Crippen molar-refractivity contribution in [1.82, 2.24) is 14.7 Å². The molecule has 1 fully saturated rings. The van der Waals surface area contributed by atoms with Crippen LogP contribution in [0, 0.1) is 0 Å². The number of aryl methyl sites for hydroxylation is 1. The zero-order valence-corrected chi connectivity index (χ0v) is 11.4. The number of nitrogen functional groups attached to an aromatic ring is 1. The molecule has 1 aliphatic rings. The van der Waals surface area contributed by atoms with Crippen molar-refractivity contribution in [2.45, 2.75) is 45.2 Å². The lowest BCUT2D eigenvalue weighted by molar-refractivity contribution is 0.0556. The summed E-state index contributed by atoms with van der Waals surface area (Å²) in [6.45, 7) is 3.31. The molecule has 0 atom stereocenters. The van der Waals surface area contributed by atoms with Crippen LogP contribution in [0.25, 0.3) is 0 Å². The minimum atomic E-state index is -0.108. The van der Waals surface area contributed by atoms with Crippen LogP contribution in [0.1, 0.15) is 43.1 Å². The lowest BCUT2D eigenvalue weighted by Crippen LogP contribution is -2.45. The number of aliphatic hydroxyl groups is 1. The largest absolute Gasteiger partial charge is 0.396 e. The third-order valence-electron chi connectivity index (χ3n) is 3.65. The van der Waals surface area contributed by atoms with E-state index in [1.54, 1.807) is 10.9 Å². The van der Waals surface area contributed by atoms with Gasteiger partial charge in [0.1, 0.15) is 0 Å². The van der Waals surface area contributed by atoms with Gasteiger partial charge in [-0.1, -0.05) is 0 Å². The molecule has 0 radical (unpaired) electrons. The lowest BCUT2D eigenvalue weighted by Gasteiger charge is -2.37. The monoisotopic (exact) mass is 266 g/mol. The first-order valence-corrected chi connectivity index (χ1v) is 6.92. The Hall–Kier alpha value is -1.56. The molecule has 19 heavy (non-hydrogen) atoms.